The van der Waals surface area contributed by atoms with E-state index in [2.05, 4.69) is 0 Å². The fourth-order valence-corrected chi connectivity index (χ4v) is 5.37. The third kappa shape index (κ3) is 12.1. The Kier molecular flexibility index (Phi) is 16.0. The molecule has 5 atom stereocenters. The van der Waals surface area contributed by atoms with Crippen LogP contribution in [-0.4, -0.2) is 102 Å². The molecule has 1 unspecified atom stereocenters. The molecule has 1 saturated heterocycles. The van der Waals surface area contributed by atoms with Gasteiger partial charge in [-0.05, 0) is 23.1 Å². The van der Waals surface area contributed by atoms with Gasteiger partial charge in [-0.1, -0.05) is 91.0 Å². The summed E-state index contributed by atoms with van der Waals surface area (Å²) in [5.74, 6) is -0.895. The van der Waals surface area contributed by atoms with Gasteiger partial charge in [-0.3, -0.25) is 14.5 Å². The minimum absolute atomic E-state index is 0.0485. The first-order chi connectivity index (χ1) is 23.5. The van der Waals surface area contributed by atoms with E-state index in [9.17, 15) is 9.59 Å². The Labute approximate surface area is 282 Å². The molecule has 4 rings (SSSR count). The zero-order chi connectivity index (χ0) is 34.0. The maximum atomic E-state index is 11.9. The number of ether oxygens (including phenoxy) is 8. The minimum atomic E-state index is -0.742. The molecule has 0 amide bonds. The number of carbonyl (C=O) groups is 2. The van der Waals surface area contributed by atoms with Gasteiger partial charge in [0.1, 0.15) is 24.4 Å². The smallest absolute Gasteiger partial charge is 0.319 e. The number of methoxy groups -OCH3 is 3. The summed E-state index contributed by atoms with van der Waals surface area (Å²) in [5.41, 5.74) is 3.07. The Bertz CT molecular complexity index is 1310. The van der Waals surface area contributed by atoms with Gasteiger partial charge in [0.15, 0.2) is 6.29 Å². The molecular weight excluding hydrogens is 618 g/mol. The maximum Gasteiger partial charge on any atom is 0.319 e. The molecule has 0 spiro atoms. The Hall–Kier alpha value is -3.68. The zero-order valence-corrected chi connectivity index (χ0v) is 27.9. The molecule has 0 bridgehead atoms. The van der Waals surface area contributed by atoms with Crippen LogP contribution in [0.4, 0.5) is 0 Å². The first kappa shape index (κ1) is 37.1. The van der Waals surface area contributed by atoms with Gasteiger partial charge in [0.25, 0.3) is 0 Å². The molecule has 11 heteroatoms. The molecule has 0 aliphatic carbocycles. The highest BCUT2D eigenvalue weighted by molar-refractivity contribution is 5.74. The molecule has 0 N–H and O–H groups in total. The zero-order valence-electron chi connectivity index (χ0n) is 27.9. The van der Waals surface area contributed by atoms with E-state index in [0.29, 0.717) is 32.8 Å². The molecule has 1 fully saturated rings. The van der Waals surface area contributed by atoms with Crippen LogP contribution >= 0.6 is 0 Å². The SMILES string of the molecule is COC(=O)CN(CCCO[C@H]1C(OC)O[C@H]([C@@H](COCc2ccccc2)OCc2ccccc2)[C@@H]1OCc1ccccc1)CC(=O)OC. The molecule has 1 heterocycles. The van der Waals surface area contributed by atoms with Crippen molar-refractivity contribution in [2.45, 2.75) is 56.9 Å². The molecule has 3 aromatic rings. The van der Waals surface area contributed by atoms with Crippen LogP contribution < -0.4 is 0 Å². The predicted octanol–water partition coefficient (Wildman–Crippen LogP) is 4.17. The van der Waals surface area contributed by atoms with Gasteiger partial charge in [0.2, 0.25) is 0 Å². The second-order valence-corrected chi connectivity index (χ2v) is 11.4. The van der Waals surface area contributed by atoms with Crippen molar-refractivity contribution in [2.75, 3.05) is 54.2 Å². The van der Waals surface area contributed by atoms with Gasteiger partial charge in [0, 0.05) is 20.3 Å². The highest BCUT2D eigenvalue weighted by Crippen LogP contribution is 2.32. The van der Waals surface area contributed by atoms with E-state index in [0.717, 1.165) is 16.7 Å². The summed E-state index contributed by atoms with van der Waals surface area (Å²) < 4.78 is 47.5. The van der Waals surface area contributed by atoms with Crippen molar-refractivity contribution >= 4 is 11.9 Å². The van der Waals surface area contributed by atoms with Gasteiger partial charge in [-0.25, -0.2) is 0 Å². The number of hydrogen-bond acceptors (Lipinski definition) is 11. The maximum absolute atomic E-state index is 11.9. The first-order valence-electron chi connectivity index (χ1n) is 16.1. The number of esters is 2. The topological polar surface area (TPSA) is 111 Å². The van der Waals surface area contributed by atoms with Crippen molar-refractivity contribution in [1.82, 2.24) is 4.90 Å². The predicted molar refractivity (Wildman–Crippen MR) is 177 cm³/mol. The minimum Gasteiger partial charge on any atom is -0.468 e. The molecule has 3 aromatic carbocycles. The van der Waals surface area contributed by atoms with Crippen LogP contribution in [0.2, 0.25) is 0 Å². The number of nitrogens with zero attached hydrogens (tertiary/aromatic N) is 1. The van der Waals surface area contributed by atoms with Gasteiger partial charge in [0.05, 0.1) is 53.7 Å². The van der Waals surface area contributed by atoms with Crippen LogP contribution in [0.1, 0.15) is 23.1 Å². The van der Waals surface area contributed by atoms with E-state index >= 15 is 0 Å². The van der Waals surface area contributed by atoms with E-state index < -0.39 is 42.6 Å². The van der Waals surface area contributed by atoms with Crippen LogP contribution in [0.5, 0.6) is 0 Å². The average Bonchev–Trinajstić information content (AvgIpc) is 3.48. The molecular formula is C37H47NO10. The number of hydrogen-bond donors (Lipinski definition) is 0. The van der Waals surface area contributed by atoms with Crippen LogP contribution in [0.3, 0.4) is 0 Å². The second kappa shape index (κ2) is 20.6. The Morgan fingerprint density at radius 2 is 1.25 bits per heavy atom. The van der Waals surface area contributed by atoms with Crippen molar-refractivity contribution in [3.63, 3.8) is 0 Å². The summed E-state index contributed by atoms with van der Waals surface area (Å²) in [6, 6.07) is 29.8. The Morgan fingerprint density at radius 1 is 0.708 bits per heavy atom. The molecule has 11 nitrogen and oxygen atoms in total. The summed E-state index contributed by atoms with van der Waals surface area (Å²) in [6.45, 7) is 1.91. The number of benzene rings is 3. The lowest BCUT2D eigenvalue weighted by molar-refractivity contribution is -0.185. The first-order valence-corrected chi connectivity index (χ1v) is 16.1. The van der Waals surface area contributed by atoms with Crippen molar-refractivity contribution in [3.05, 3.63) is 108 Å². The number of rotatable bonds is 21. The largest absolute Gasteiger partial charge is 0.468 e. The van der Waals surface area contributed by atoms with Gasteiger partial charge >= 0.3 is 11.9 Å². The van der Waals surface area contributed by atoms with Crippen LogP contribution in [0.25, 0.3) is 0 Å². The monoisotopic (exact) mass is 665 g/mol. The van der Waals surface area contributed by atoms with Crippen molar-refractivity contribution in [2.24, 2.45) is 0 Å². The summed E-state index contributed by atoms with van der Waals surface area (Å²) in [5, 5.41) is 0. The Morgan fingerprint density at radius 3 is 1.79 bits per heavy atom. The van der Waals surface area contributed by atoms with E-state index in [1.54, 1.807) is 12.0 Å². The molecule has 1 aliphatic heterocycles. The quantitative estimate of drug-likeness (QED) is 0.121. The Balaban J connectivity index is 1.49. The third-order valence-corrected chi connectivity index (χ3v) is 7.88. The lowest BCUT2D eigenvalue weighted by atomic mass is 10.0. The fourth-order valence-electron chi connectivity index (χ4n) is 5.37. The van der Waals surface area contributed by atoms with Crippen molar-refractivity contribution in [3.8, 4) is 0 Å². The fraction of sp³-hybridized carbons (Fsp3) is 0.459. The molecule has 0 aromatic heterocycles. The third-order valence-electron chi connectivity index (χ3n) is 7.88. The van der Waals surface area contributed by atoms with E-state index in [4.69, 9.17) is 37.9 Å². The summed E-state index contributed by atoms with van der Waals surface area (Å²) in [7, 11) is 4.18. The van der Waals surface area contributed by atoms with E-state index in [1.807, 2.05) is 91.0 Å². The lowest BCUT2D eigenvalue weighted by Gasteiger charge is -2.29. The summed E-state index contributed by atoms with van der Waals surface area (Å²) in [6.07, 6.45) is -2.51. The van der Waals surface area contributed by atoms with Crippen LogP contribution in [-0.2, 0) is 67.3 Å². The molecule has 0 radical (unpaired) electrons. The van der Waals surface area contributed by atoms with Crippen molar-refractivity contribution < 1.29 is 47.5 Å². The van der Waals surface area contributed by atoms with Gasteiger partial charge in [-0.2, -0.15) is 0 Å². The highest BCUT2D eigenvalue weighted by atomic mass is 16.7. The average molecular weight is 666 g/mol. The molecule has 260 valence electrons. The molecule has 0 saturated carbocycles. The molecule has 1 aliphatic rings. The summed E-state index contributed by atoms with van der Waals surface area (Å²) in [4.78, 5) is 25.5. The van der Waals surface area contributed by atoms with Crippen LogP contribution in [0.15, 0.2) is 91.0 Å². The lowest BCUT2D eigenvalue weighted by Crippen LogP contribution is -2.45. The van der Waals surface area contributed by atoms with E-state index in [-0.39, 0.29) is 26.3 Å². The van der Waals surface area contributed by atoms with Gasteiger partial charge < -0.3 is 37.9 Å². The van der Waals surface area contributed by atoms with Crippen LogP contribution in [0, 0.1) is 0 Å². The highest BCUT2D eigenvalue weighted by Gasteiger charge is 2.50. The van der Waals surface area contributed by atoms with Gasteiger partial charge in [-0.15, -0.1) is 0 Å². The molecule has 48 heavy (non-hydrogen) atoms. The number of carbonyl (C=O) groups excluding carboxylic acids is 2. The second-order valence-electron chi connectivity index (χ2n) is 11.4. The van der Waals surface area contributed by atoms with E-state index in [1.165, 1.54) is 14.2 Å². The standard InChI is InChI=1S/C37H47NO10/c1-41-32(39)22-38(23-33(40)42-2)20-13-21-45-36-35(47-26-30-18-11-6-12-19-30)34(48-37(36)43-3)31(46-25-29-16-9-5-10-17-29)27-44-24-28-14-7-4-8-15-28/h4-12,14-19,31,34-37H,13,20-27H2,1-3H3/t31-,34-,35+,36-,37?/m1/s1. The normalized spacial score (nSPS) is 19.7. The summed E-state index contributed by atoms with van der Waals surface area (Å²) >= 11 is 0. The van der Waals surface area contributed by atoms with Crippen molar-refractivity contribution in [1.29, 1.82) is 0 Å².